The summed E-state index contributed by atoms with van der Waals surface area (Å²) in [6, 6.07) is 0. The lowest BCUT2D eigenvalue weighted by Gasteiger charge is -1.79. The Bertz CT molecular complexity index is 120. The molecule has 0 radical (unpaired) electrons. The van der Waals surface area contributed by atoms with E-state index in [1.807, 2.05) is 26.0 Å². The van der Waals surface area contributed by atoms with E-state index < -0.39 is 0 Å². The highest BCUT2D eigenvalue weighted by Crippen LogP contribution is 1.84. The van der Waals surface area contributed by atoms with Gasteiger partial charge in [-0.05, 0) is 19.9 Å². The first-order chi connectivity index (χ1) is 3.77. The number of aliphatic imine (C=N–C) groups is 1. The molecule has 0 heterocycles. The zero-order valence-corrected chi connectivity index (χ0v) is 5.39. The predicted molar refractivity (Wildman–Crippen MR) is 38.1 cm³/mol. The summed E-state index contributed by atoms with van der Waals surface area (Å²) in [7, 11) is 0. The zero-order valence-electron chi connectivity index (χ0n) is 5.39. The molecular weight excluding hydrogens is 98.1 g/mol. The first-order valence-electron chi connectivity index (χ1n) is 2.58. The third kappa shape index (κ3) is 5.15. The van der Waals surface area contributed by atoms with Gasteiger partial charge >= 0.3 is 0 Å². The molecule has 0 bridgehead atoms. The van der Waals surface area contributed by atoms with Gasteiger partial charge in [0.05, 0.1) is 0 Å². The van der Waals surface area contributed by atoms with E-state index in [1.54, 1.807) is 6.21 Å². The molecule has 44 valence electrons. The second-order valence-electron chi connectivity index (χ2n) is 1.54. The van der Waals surface area contributed by atoms with E-state index in [1.165, 1.54) is 0 Å². The summed E-state index contributed by atoms with van der Waals surface area (Å²) in [6.45, 7) is 7.41. The molecule has 0 atom stereocenters. The monoisotopic (exact) mass is 109 g/mol. The number of hydrogen-bond donors (Lipinski definition) is 0. The van der Waals surface area contributed by atoms with Crippen molar-refractivity contribution in [2.45, 2.75) is 13.8 Å². The van der Waals surface area contributed by atoms with Gasteiger partial charge in [-0.25, -0.2) is 0 Å². The van der Waals surface area contributed by atoms with Crippen molar-refractivity contribution in [3.8, 4) is 0 Å². The summed E-state index contributed by atoms with van der Waals surface area (Å²) in [5.41, 5.74) is 0.836. The topological polar surface area (TPSA) is 12.4 Å². The van der Waals surface area contributed by atoms with Crippen LogP contribution in [0.25, 0.3) is 0 Å². The molecule has 0 aliphatic carbocycles. The van der Waals surface area contributed by atoms with E-state index in [4.69, 9.17) is 0 Å². The second kappa shape index (κ2) is 4.31. The molecule has 8 heavy (non-hydrogen) atoms. The van der Waals surface area contributed by atoms with Gasteiger partial charge in [0, 0.05) is 11.9 Å². The summed E-state index contributed by atoms with van der Waals surface area (Å²) in [5.74, 6) is 0. The number of allylic oxidation sites excluding steroid dienone is 3. The van der Waals surface area contributed by atoms with Gasteiger partial charge in [0.1, 0.15) is 0 Å². The average Bonchev–Trinajstić information content (AvgIpc) is 1.66. The molecule has 1 nitrogen and oxygen atoms in total. The van der Waals surface area contributed by atoms with Gasteiger partial charge in [-0.1, -0.05) is 12.7 Å². The SMILES string of the molecule is C=C(C)/N=C\C=C/C. The van der Waals surface area contributed by atoms with Crippen LogP contribution in [0.5, 0.6) is 0 Å². The standard InChI is InChI=1S/C7H11N/c1-4-5-6-8-7(2)3/h4-6H,2H2,1,3H3/b5-4-,8-6-. The molecule has 0 fully saturated rings. The van der Waals surface area contributed by atoms with Crippen molar-refractivity contribution >= 4 is 6.21 Å². The van der Waals surface area contributed by atoms with Crippen LogP contribution in [0.4, 0.5) is 0 Å². The minimum Gasteiger partial charge on any atom is -0.262 e. The summed E-state index contributed by atoms with van der Waals surface area (Å²) >= 11 is 0. The van der Waals surface area contributed by atoms with Gasteiger partial charge in [-0.3, -0.25) is 4.99 Å². The molecule has 0 saturated carbocycles. The minimum atomic E-state index is 0.836. The maximum absolute atomic E-state index is 3.91. The van der Waals surface area contributed by atoms with Gasteiger partial charge in [-0.2, -0.15) is 0 Å². The van der Waals surface area contributed by atoms with Crippen LogP contribution >= 0.6 is 0 Å². The number of nitrogens with zero attached hydrogens (tertiary/aromatic N) is 1. The van der Waals surface area contributed by atoms with E-state index in [2.05, 4.69) is 11.6 Å². The largest absolute Gasteiger partial charge is 0.262 e. The average molecular weight is 109 g/mol. The van der Waals surface area contributed by atoms with Crippen molar-refractivity contribution in [1.82, 2.24) is 0 Å². The Balaban J connectivity index is 3.50. The highest BCUT2D eigenvalue weighted by atomic mass is 14.7. The maximum Gasteiger partial charge on any atom is 0.0300 e. The van der Waals surface area contributed by atoms with E-state index >= 15 is 0 Å². The second-order valence-corrected chi connectivity index (χ2v) is 1.54. The Morgan fingerprint density at radius 3 is 2.62 bits per heavy atom. The molecule has 0 saturated heterocycles. The lowest BCUT2D eigenvalue weighted by atomic mass is 10.5. The molecule has 0 aliphatic heterocycles. The lowest BCUT2D eigenvalue weighted by Crippen LogP contribution is -1.64. The van der Waals surface area contributed by atoms with Crippen LogP contribution in [0.2, 0.25) is 0 Å². The maximum atomic E-state index is 3.91. The van der Waals surface area contributed by atoms with E-state index in [9.17, 15) is 0 Å². The van der Waals surface area contributed by atoms with Crippen molar-refractivity contribution in [1.29, 1.82) is 0 Å². The van der Waals surface area contributed by atoms with Crippen molar-refractivity contribution in [2.24, 2.45) is 4.99 Å². The number of hydrogen-bond acceptors (Lipinski definition) is 1. The highest BCUT2D eigenvalue weighted by molar-refractivity contribution is 5.71. The van der Waals surface area contributed by atoms with Gasteiger partial charge in [0.2, 0.25) is 0 Å². The minimum absolute atomic E-state index is 0.836. The van der Waals surface area contributed by atoms with Gasteiger partial charge in [0.15, 0.2) is 0 Å². The zero-order chi connectivity index (χ0) is 6.41. The third-order valence-corrected chi connectivity index (χ3v) is 0.573. The van der Waals surface area contributed by atoms with Gasteiger partial charge in [-0.15, -0.1) is 0 Å². The summed E-state index contributed by atoms with van der Waals surface area (Å²) in [4.78, 5) is 3.91. The van der Waals surface area contributed by atoms with E-state index in [0.29, 0.717) is 0 Å². The quantitative estimate of drug-likeness (QED) is 0.482. The van der Waals surface area contributed by atoms with Gasteiger partial charge < -0.3 is 0 Å². The molecule has 0 aromatic heterocycles. The van der Waals surface area contributed by atoms with Crippen LogP contribution in [-0.4, -0.2) is 6.21 Å². The summed E-state index contributed by atoms with van der Waals surface area (Å²) < 4.78 is 0. The van der Waals surface area contributed by atoms with Gasteiger partial charge in [0.25, 0.3) is 0 Å². The Hall–Kier alpha value is -0.850. The summed E-state index contributed by atoms with van der Waals surface area (Å²) in [5, 5.41) is 0. The molecule has 0 unspecified atom stereocenters. The van der Waals surface area contributed by atoms with E-state index in [-0.39, 0.29) is 0 Å². The van der Waals surface area contributed by atoms with Crippen LogP contribution in [0.1, 0.15) is 13.8 Å². The molecule has 0 amide bonds. The van der Waals surface area contributed by atoms with Crippen molar-refractivity contribution in [3.63, 3.8) is 0 Å². The molecule has 0 aromatic carbocycles. The Morgan fingerprint density at radius 1 is 1.62 bits per heavy atom. The van der Waals surface area contributed by atoms with Crippen molar-refractivity contribution in [2.75, 3.05) is 0 Å². The first-order valence-corrected chi connectivity index (χ1v) is 2.58. The van der Waals surface area contributed by atoms with E-state index in [0.717, 1.165) is 5.70 Å². The fourth-order valence-electron chi connectivity index (χ4n) is 0.256. The van der Waals surface area contributed by atoms with Crippen LogP contribution in [-0.2, 0) is 0 Å². The highest BCUT2D eigenvalue weighted by Gasteiger charge is 1.66. The Kier molecular flexibility index (Phi) is 3.85. The van der Waals surface area contributed by atoms with Crippen LogP contribution in [0.15, 0.2) is 29.4 Å². The molecule has 0 aliphatic rings. The fraction of sp³-hybridized carbons (Fsp3) is 0.286. The molecule has 0 spiro atoms. The third-order valence-electron chi connectivity index (χ3n) is 0.573. The molecule has 0 N–H and O–H groups in total. The van der Waals surface area contributed by atoms with Crippen LogP contribution in [0, 0.1) is 0 Å². The van der Waals surface area contributed by atoms with Crippen LogP contribution in [0.3, 0.4) is 0 Å². The van der Waals surface area contributed by atoms with Crippen LogP contribution < -0.4 is 0 Å². The molecular formula is C7H11N. The van der Waals surface area contributed by atoms with Crippen molar-refractivity contribution < 1.29 is 0 Å². The fourth-order valence-corrected chi connectivity index (χ4v) is 0.256. The molecule has 0 aromatic rings. The van der Waals surface area contributed by atoms with Crippen molar-refractivity contribution in [3.05, 3.63) is 24.4 Å². The molecule has 1 heteroatoms. The normalized spacial score (nSPS) is 11.2. The Morgan fingerprint density at radius 2 is 2.25 bits per heavy atom. The lowest BCUT2D eigenvalue weighted by molar-refractivity contribution is 1.34. The first kappa shape index (κ1) is 7.15. The number of rotatable bonds is 2. The predicted octanol–water partition coefficient (Wildman–Crippen LogP) is 2.17. The summed E-state index contributed by atoms with van der Waals surface area (Å²) in [6.07, 6.45) is 5.52. The molecule has 0 rings (SSSR count). The smallest absolute Gasteiger partial charge is 0.0300 e. The Labute approximate surface area is 50.4 Å².